The summed E-state index contributed by atoms with van der Waals surface area (Å²) in [6, 6.07) is 0. The Morgan fingerprint density at radius 1 is 1.08 bits per heavy atom. The van der Waals surface area contributed by atoms with Gasteiger partial charge in [0, 0.05) is 12.8 Å². The van der Waals surface area contributed by atoms with Gasteiger partial charge >= 0.3 is 0 Å². The van der Waals surface area contributed by atoms with Gasteiger partial charge in [-0.3, -0.25) is 0 Å². The fourth-order valence-corrected chi connectivity index (χ4v) is 1.89. The van der Waals surface area contributed by atoms with Crippen molar-refractivity contribution in [1.82, 2.24) is 0 Å². The number of piperidine rings is 1. The summed E-state index contributed by atoms with van der Waals surface area (Å²) in [5.74, 6) is -0.223. The molecule has 0 saturated carbocycles. The Morgan fingerprint density at radius 3 is 2.25 bits per heavy atom. The van der Waals surface area contributed by atoms with Gasteiger partial charge in [-0.25, -0.2) is 0 Å². The first-order valence-corrected chi connectivity index (χ1v) is 4.75. The maximum Gasteiger partial charge on any atom is 0.178 e. The number of quaternary nitrogens is 1. The minimum atomic E-state index is -0.223. The molecule has 12 heavy (non-hydrogen) atoms. The largest absolute Gasteiger partial charge is 0.467 e. The van der Waals surface area contributed by atoms with E-state index < -0.39 is 0 Å². The van der Waals surface area contributed by atoms with Crippen LogP contribution in [-0.2, 0) is 9.47 Å². The molecule has 0 atom stereocenters. The molecule has 0 radical (unpaired) electrons. The van der Waals surface area contributed by atoms with E-state index in [2.05, 4.69) is 7.05 Å². The molecule has 0 unspecified atom stereocenters. The third-order valence-corrected chi connectivity index (χ3v) is 2.74. The van der Waals surface area contributed by atoms with Crippen LogP contribution in [0.4, 0.5) is 0 Å². The predicted molar refractivity (Wildman–Crippen MR) is 44.5 cm³/mol. The first-order valence-electron chi connectivity index (χ1n) is 4.75. The topological polar surface area (TPSA) is 22.9 Å². The van der Waals surface area contributed by atoms with E-state index in [1.807, 2.05) is 0 Å². The second-order valence-electron chi connectivity index (χ2n) is 3.71. The normalized spacial score (nSPS) is 30.8. The Bertz CT molecular complexity index is 145. The summed E-state index contributed by atoms with van der Waals surface area (Å²) in [7, 11) is 3.98. The van der Waals surface area contributed by atoms with Crippen molar-refractivity contribution in [3.05, 3.63) is 7.05 Å². The van der Waals surface area contributed by atoms with Crippen molar-refractivity contribution < 1.29 is 14.4 Å². The lowest BCUT2D eigenvalue weighted by Crippen LogP contribution is -3.08. The standard InChI is InChI=1S/C9H17NO2/c1-10-5-3-9(4-6-10)11-7-2-8-12-9/h10H,1-8H2. The number of likely N-dealkylation sites (tertiary alicyclic amines) is 1. The van der Waals surface area contributed by atoms with Gasteiger partial charge in [0.25, 0.3) is 0 Å². The van der Waals surface area contributed by atoms with Crippen LogP contribution in [0, 0.1) is 7.05 Å². The molecule has 0 aromatic rings. The Balaban J connectivity index is 1.92. The molecule has 2 saturated heterocycles. The molecule has 0 amide bonds. The predicted octanol–water partition coefficient (Wildman–Crippen LogP) is -0.410. The molecule has 0 aliphatic carbocycles. The highest BCUT2D eigenvalue weighted by molar-refractivity contribution is 4.74. The van der Waals surface area contributed by atoms with Gasteiger partial charge in [-0.2, -0.15) is 7.05 Å². The van der Waals surface area contributed by atoms with Crippen LogP contribution in [0.5, 0.6) is 0 Å². The molecule has 1 N–H and O–H groups in total. The molecular weight excluding hydrogens is 154 g/mol. The minimum absolute atomic E-state index is 0.223. The van der Waals surface area contributed by atoms with E-state index in [4.69, 9.17) is 9.47 Å². The highest BCUT2D eigenvalue weighted by Crippen LogP contribution is 2.26. The number of rotatable bonds is 0. The van der Waals surface area contributed by atoms with E-state index in [9.17, 15) is 0 Å². The van der Waals surface area contributed by atoms with Gasteiger partial charge in [0.15, 0.2) is 5.79 Å². The van der Waals surface area contributed by atoms with Crippen molar-refractivity contribution in [2.24, 2.45) is 0 Å². The first-order chi connectivity index (χ1) is 5.81. The smallest absolute Gasteiger partial charge is 0.178 e. The van der Waals surface area contributed by atoms with Gasteiger partial charge in [-0.1, -0.05) is 0 Å². The summed E-state index contributed by atoms with van der Waals surface area (Å²) in [4.78, 5) is 1.35. The third kappa shape index (κ3) is 1.63. The lowest BCUT2D eigenvalue weighted by atomic mass is 10.0. The van der Waals surface area contributed by atoms with Gasteiger partial charge in [0.05, 0.1) is 26.3 Å². The van der Waals surface area contributed by atoms with Gasteiger partial charge in [0.1, 0.15) is 0 Å². The minimum Gasteiger partial charge on any atom is -0.467 e. The first kappa shape index (κ1) is 8.48. The van der Waals surface area contributed by atoms with Crippen molar-refractivity contribution in [2.75, 3.05) is 26.3 Å². The second-order valence-corrected chi connectivity index (χ2v) is 3.71. The summed E-state index contributed by atoms with van der Waals surface area (Å²) in [5.41, 5.74) is 0. The zero-order chi connectivity index (χ0) is 8.44. The average molecular weight is 171 g/mol. The Morgan fingerprint density at radius 2 is 1.67 bits per heavy atom. The van der Waals surface area contributed by atoms with E-state index in [-0.39, 0.29) is 5.79 Å². The summed E-state index contributed by atoms with van der Waals surface area (Å²) in [6.07, 6.45) is 3.06. The van der Waals surface area contributed by atoms with Gasteiger partial charge < -0.3 is 14.4 Å². The van der Waals surface area contributed by atoms with Crippen molar-refractivity contribution >= 4 is 0 Å². The molecule has 2 aliphatic rings. The molecule has 2 aliphatic heterocycles. The third-order valence-electron chi connectivity index (χ3n) is 2.74. The van der Waals surface area contributed by atoms with Crippen LogP contribution >= 0.6 is 0 Å². The van der Waals surface area contributed by atoms with Crippen molar-refractivity contribution in [2.45, 2.75) is 25.0 Å². The molecule has 0 aromatic carbocycles. The quantitative estimate of drug-likeness (QED) is 0.501. The van der Waals surface area contributed by atoms with Crippen LogP contribution in [0.2, 0.25) is 0 Å². The van der Waals surface area contributed by atoms with Crippen molar-refractivity contribution in [1.29, 1.82) is 0 Å². The number of nitrogens with one attached hydrogen (secondary N) is 1. The Kier molecular flexibility index (Phi) is 2.35. The van der Waals surface area contributed by atoms with E-state index in [1.54, 1.807) is 0 Å². The fourth-order valence-electron chi connectivity index (χ4n) is 1.89. The zero-order valence-corrected chi connectivity index (χ0v) is 7.47. The average Bonchev–Trinajstić information content (AvgIpc) is 2.13. The Hall–Kier alpha value is -0.120. The molecule has 70 valence electrons. The van der Waals surface area contributed by atoms with Crippen LogP contribution in [0.1, 0.15) is 19.3 Å². The van der Waals surface area contributed by atoms with Crippen LogP contribution < -0.4 is 4.90 Å². The van der Waals surface area contributed by atoms with Gasteiger partial charge in [-0.15, -0.1) is 0 Å². The fraction of sp³-hybridized carbons (Fsp3) is 0.889. The highest BCUT2D eigenvalue weighted by atomic mass is 16.7. The van der Waals surface area contributed by atoms with Crippen LogP contribution in [0.25, 0.3) is 0 Å². The van der Waals surface area contributed by atoms with E-state index in [0.29, 0.717) is 0 Å². The molecule has 2 heterocycles. The molecule has 0 aromatic heterocycles. The summed E-state index contributed by atoms with van der Waals surface area (Å²) in [5, 5.41) is 0. The Labute approximate surface area is 73.6 Å². The summed E-state index contributed by atoms with van der Waals surface area (Å²) >= 11 is 0. The zero-order valence-electron chi connectivity index (χ0n) is 7.47. The van der Waals surface area contributed by atoms with Crippen LogP contribution in [-0.4, -0.2) is 32.1 Å². The maximum atomic E-state index is 5.69. The maximum absolute atomic E-state index is 5.69. The van der Waals surface area contributed by atoms with E-state index >= 15 is 0 Å². The van der Waals surface area contributed by atoms with Crippen molar-refractivity contribution in [3.63, 3.8) is 0 Å². The lowest BCUT2D eigenvalue weighted by Gasteiger charge is -2.42. The monoisotopic (exact) mass is 171 g/mol. The van der Waals surface area contributed by atoms with Crippen LogP contribution in [0.3, 0.4) is 0 Å². The number of hydrogen-bond donors (Lipinski definition) is 1. The molecule has 3 nitrogen and oxygen atoms in total. The molecule has 2 fully saturated rings. The van der Waals surface area contributed by atoms with Crippen molar-refractivity contribution in [3.8, 4) is 0 Å². The molecule has 1 spiro atoms. The molecule has 2 rings (SSSR count). The second kappa shape index (κ2) is 3.32. The number of hydrogen-bond acceptors (Lipinski definition) is 2. The van der Waals surface area contributed by atoms with E-state index in [1.165, 1.54) is 4.90 Å². The molecular formula is C9H17NO2. The lowest BCUT2D eigenvalue weighted by molar-refractivity contribution is -0.864. The highest BCUT2D eigenvalue weighted by Gasteiger charge is 2.38. The molecule has 3 heteroatoms. The summed E-state index contributed by atoms with van der Waals surface area (Å²) in [6.45, 7) is 3.87. The molecule has 0 bridgehead atoms. The van der Waals surface area contributed by atoms with Gasteiger partial charge in [-0.05, 0) is 6.42 Å². The van der Waals surface area contributed by atoms with E-state index in [0.717, 1.165) is 45.6 Å². The number of ether oxygens (including phenoxy) is 2. The van der Waals surface area contributed by atoms with Crippen LogP contribution in [0.15, 0.2) is 0 Å². The summed E-state index contributed by atoms with van der Waals surface area (Å²) < 4.78 is 11.4. The van der Waals surface area contributed by atoms with Gasteiger partial charge in [0.2, 0.25) is 0 Å². The SMILES string of the molecule is [CH2-][NH+]1CCC2(CC1)OCCCO2.